The molecule has 0 aliphatic carbocycles. The molecule has 5 rings (SSSR count). The van der Waals surface area contributed by atoms with Gasteiger partial charge in [-0.3, -0.25) is 0 Å². The summed E-state index contributed by atoms with van der Waals surface area (Å²) in [5.74, 6) is 0. The van der Waals surface area contributed by atoms with Crippen LogP contribution in [0.15, 0.2) is 121 Å². The van der Waals surface area contributed by atoms with E-state index in [1.54, 1.807) is 0 Å². The largest absolute Gasteiger partial charge is 0.347 e. The number of fused-ring (bicyclic) bond motifs is 4. The molecule has 4 aromatic rings. The van der Waals surface area contributed by atoms with Gasteiger partial charge in [-0.25, -0.2) is 0 Å². The second-order valence-corrected chi connectivity index (χ2v) is 11.3. The van der Waals surface area contributed by atoms with Crippen molar-refractivity contribution < 1.29 is 0 Å². The van der Waals surface area contributed by atoms with Crippen molar-refractivity contribution in [1.29, 1.82) is 0 Å². The standard InChI is InChI=1S/C36H37N/c1-25-21-22-27-16-11-13-18-29(27)33(25)35(3,4)26(2)15-9-8-10-20-32-36(5,6)34-30-19-14-12-17-28(30)23-24-31(34)37(32)7/h8-24H,2H2,1,3-7H3/b10-8+,15-9+,32-20-. The number of hydrogen-bond acceptors (Lipinski definition) is 1. The highest BCUT2D eigenvalue weighted by atomic mass is 15.2. The fraction of sp³-hybridized carbons (Fsp3) is 0.222. The van der Waals surface area contributed by atoms with E-state index in [1.165, 1.54) is 49.6 Å². The summed E-state index contributed by atoms with van der Waals surface area (Å²) in [6, 6.07) is 26.3. The van der Waals surface area contributed by atoms with Gasteiger partial charge in [-0.15, -0.1) is 0 Å². The van der Waals surface area contributed by atoms with Crippen LogP contribution in [0.4, 0.5) is 5.69 Å². The van der Waals surface area contributed by atoms with Gasteiger partial charge in [0.05, 0.1) is 0 Å². The molecular formula is C36H37N. The lowest BCUT2D eigenvalue weighted by atomic mass is 9.74. The van der Waals surface area contributed by atoms with Crippen molar-refractivity contribution in [2.24, 2.45) is 0 Å². The molecule has 0 atom stereocenters. The number of aryl methyl sites for hydroxylation is 1. The molecule has 0 amide bonds. The Morgan fingerprint density at radius 3 is 2.16 bits per heavy atom. The number of nitrogens with zero attached hydrogens (tertiary/aromatic N) is 1. The van der Waals surface area contributed by atoms with Gasteiger partial charge in [-0.2, -0.15) is 0 Å². The first kappa shape index (κ1) is 24.8. The van der Waals surface area contributed by atoms with Gasteiger partial charge < -0.3 is 4.90 Å². The van der Waals surface area contributed by atoms with Gasteiger partial charge in [0.15, 0.2) is 0 Å². The second kappa shape index (κ2) is 9.23. The van der Waals surface area contributed by atoms with Gasteiger partial charge in [-0.05, 0) is 62.9 Å². The van der Waals surface area contributed by atoms with Crippen LogP contribution in [0, 0.1) is 6.92 Å². The van der Waals surface area contributed by atoms with Crippen molar-refractivity contribution >= 4 is 27.2 Å². The Morgan fingerprint density at radius 1 is 0.811 bits per heavy atom. The second-order valence-electron chi connectivity index (χ2n) is 11.3. The molecule has 186 valence electrons. The van der Waals surface area contributed by atoms with E-state index in [-0.39, 0.29) is 10.8 Å². The van der Waals surface area contributed by atoms with Crippen molar-refractivity contribution in [2.45, 2.75) is 45.4 Å². The highest BCUT2D eigenvalue weighted by Gasteiger charge is 2.39. The lowest BCUT2D eigenvalue weighted by Gasteiger charge is -2.30. The van der Waals surface area contributed by atoms with Crippen molar-refractivity contribution in [2.75, 3.05) is 11.9 Å². The van der Waals surface area contributed by atoms with Gasteiger partial charge in [0.25, 0.3) is 0 Å². The molecule has 1 heteroatoms. The predicted octanol–water partition coefficient (Wildman–Crippen LogP) is 9.56. The maximum absolute atomic E-state index is 4.47. The summed E-state index contributed by atoms with van der Waals surface area (Å²) in [5, 5.41) is 5.22. The first-order chi connectivity index (χ1) is 17.6. The number of benzene rings is 4. The van der Waals surface area contributed by atoms with Crippen molar-refractivity contribution in [3.05, 3.63) is 138 Å². The fourth-order valence-corrected chi connectivity index (χ4v) is 6.16. The summed E-state index contributed by atoms with van der Waals surface area (Å²) in [6.07, 6.45) is 10.8. The molecule has 0 fully saturated rings. The molecule has 1 nitrogen and oxygen atoms in total. The van der Waals surface area contributed by atoms with E-state index in [0.29, 0.717) is 0 Å². The van der Waals surface area contributed by atoms with E-state index in [2.05, 4.69) is 156 Å². The Balaban J connectivity index is 1.39. The van der Waals surface area contributed by atoms with Crippen LogP contribution >= 0.6 is 0 Å². The molecule has 4 aromatic carbocycles. The summed E-state index contributed by atoms with van der Waals surface area (Å²) in [4.78, 5) is 2.33. The molecule has 0 saturated carbocycles. The highest BCUT2D eigenvalue weighted by Crippen LogP contribution is 2.49. The van der Waals surface area contributed by atoms with Crippen LogP contribution < -0.4 is 4.90 Å². The molecular weight excluding hydrogens is 446 g/mol. The average Bonchev–Trinajstić information content (AvgIpc) is 3.08. The van der Waals surface area contributed by atoms with E-state index in [1.807, 2.05) is 0 Å². The third kappa shape index (κ3) is 4.13. The lowest BCUT2D eigenvalue weighted by Crippen LogP contribution is -2.22. The monoisotopic (exact) mass is 483 g/mol. The molecule has 1 aliphatic heterocycles. The first-order valence-corrected chi connectivity index (χ1v) is 13.1. The van der Waals surface area contributed by atoms with Gasteiger partial charge in [0.2, 0.25) is 0 Å². The smallest absolute Gasteiger partial charge is 0.0454 e. The molecule has 0 saturated heterocycles. The van der Waals surface area contributed by atoms with E-state index in [9.17, 15) is 0 Å². The number of allylic oxidation sites excluding steroid dienone is 7. The molecule has 1 aliphatic rings. The number of likely N-dealkylation sites (N-methyl/N-ethyl adjacent to an activating group) is 1. The molecule has 0 spiro atoms. The topological polar surface area (TPSA) is 3.24 Å². The van der Waals surface area contributed by atoms with Gasteiger partial charge in [-0.1, -0.05) is 125 Å². The zero-order chi connectivity index (χ0) is 26.4. The van der Waals surface area contributed by atoms with E-state index < -0.39 is 0 Å². The molecule has 0 radical (unpaired) electrons. The minimum atomic E-state index is -0.176. The highest BCUT2D eigenvalue weighted by molar-refractivity contribution is 5.94. The van der Waals surface area contributed by atoms with Crippen LogP contribution in [-0.2, 0) is 10.8 Å². The summed E-state index contributed by atoms with van der Waals surface area (Å²) in [7, 11) is 2.18. The summed E-state index contributed by atoms with van der Waals surface area (Å²) >= 11 is 0. The average molecular weight is 484 g/mol. The number of rotatable bonds is 5. The Hall–Kier alpha value is -3.84. The maximum Gasteiger partial charge on any atom is 0.0454 e. The van der Waals surface area contributed by atoms with E-state index >= 15 is 0 Å². The molecule has 0 aromatic heterocycles. The van der Waals surface area contributed by atoms with Crippen LogP contribution in [0.2, 0.25) is 0 Å². The fourth-order valence-electron chi connectivity index (χ4n) is 6.16. The zero-order valence-corrected chi connectivity index (χ0v) is 23.0. The van der Waals surface area contributed by atoms with Crippen LogP contribution in [0.1, 0.15) is 44.4 Å². The van der Waals surface area contributed by atoms with Crippen molar-refractivity contribution in [3.63, 3.8) is 0 Å². The quantitative estimate of drug-likeness (QED) is 0.255. The van der Waals surface area contributed by atoms with Gasteiger partial charge >= 0.3 is 0 Å². The van der Waals surface area contributed by atoms with Crippen LogP contribution in [0.3, 0.4) is 0 Å². The minimum absolute atomic E-state index is 0.0729. The van der Waals surface area contributed by atoms with Crippen molar-refractivity contribution in [1.82, 2.24) is 0 Å². The number of anilines is 1. The predicted molar refractivity (Wildman–Crippen MR) is 163 cm³/mol. The Kier molecular flexibility index (Phi) is 6.20. The Morgan fingerprint density at radius 2 is 1.43 bits per heavy atom. The van der Waals surface area contributed by atoms with Gasteiger partial charge in [0, 0.05) is 29.3 Å². The Labute approximate surface area is 222 Å². The van der Waals surface area contributed by atoms with Crippen LogP contribution in [-0.4, -0.2) is 7.05 Å². The molecule has 0 bridgehead atoms. The van der Waals surface area contributed by atoms with E-state index in [4.69, 9.17) is 0 Å². The molecule has 37 heavy (non-hydrogen) atoms. The van der Waals surface area contributed by atoms with Crippen LogP contribution in [0.5, 0.6) is 0 Å². The third-order valence-electron chi connectivity index (χ3n) is 8.23. The molecule has 0 N–H and O–H groups in total. The summed E-state index contributed by atoms with van der Waals surface area (Å²) in [5.41, 5.74) is 7.50. The molecule has 1 heterocycles. The van der Waals surface area contributed by atoms with Crippen molar-refractivity contribution in [3.8, 4) is 0 Å². The molecule has 0 unspecified atom stereocenters. The normalized spacial score (nSPS) is 16.5. The third-order valence-corrected chi connectivity index (χ3v) is 8.23. The zero-order valence-electron chi connectivity index (χ0n) is 23.0. The Bertz CT molecular complexity index is 1610. The van der Waals surface area contributed by atoms with Crippen LogP contribution in [0.25, 0.3) is 21.5 Å². The SMILES string of the molecule is C=C(/C=C/C=C/C=C1\N(C)c2ccc3ccccc3c2C1(C)C)C(C)(C)c1c(C)ccc2ccccc12. The summed E-state index contributed by atoms with van der Waals surface area (Å²) < 4.78 is 0. The number of hydrogen-bond donors (Lipinski definition) is 0. The van der Waals surface area contributed by atoms with E-state index in [0.717, 1.165) is 5.57 Å². The maximum atomic E-state index is 4.47. The summed E-state index contributed by atoms with van der Waals surface area (Å²) in [6.45, 7) is 15.9. The first-order valence-electron chi connectivity index (χ1n) is 13.1. The minimum Gasteiger partial charge on any atom is -0.347 e. The lowest BCUT2D eigenvalue weighted by molar-refractivity contribution is 0.643. The van der Waals surface area contributed by atoms with Gasteiger partial charge in [0.1, 0.15) is 0 Å².